The average Bonchev–Trinajstić information content (AvgIpc) is 3.11. The molecule has 0 aliphatic heterocycles. The molecule has 1 aliphatic carbocycles. The second kappa shape index (κ2) is 6.29. The van der Waals surface area contributed by atoms with Gasteiger partial charge in [0.15, 0.2) is 5.82 Å². The molecular weight excluding hydrogens is 228 g/mol. The third-order valence-electron chi connectivity index (χ3n) is 3.46. The van der Waals surface area contributed by atoms with Crippen LogP contribution in [-0.4, -0.2) is 32.5 Å². The van der Waals surface area contributed by atoms with Crippen LogP contribution < -0.4 is 5.32 Å². The largest absolute Gasteiger partial charge is 0.394 e. The number of aliphatic hydroxyl groups excluding tert-OH is 1. The molecule has 0 unspecified atom stereocenters. The average molecular weight is 252 g/mol. The Hall–Kier alpha value is -0.940. The molecule has 5 heteroatoms. The van der Waals surface area contributed by atoms with Crippen molar-refractivity contribution in [3.05, 3.63) is 11.6 Å². The summed E-state index contributed by atoms with van der Waals surface area (Å²) in [7, 11) is 0. The van der Waals surface area contributed by atoms with Crippen LogP contribution in [0.5, 0.6) is 0 Å². The molecule has 1 heterocycles. The van der Waals surface area contributed by atoms with E-state index in [1.807, 2.05) is 4.68 Å². The first-order chi connectivity index (χ1) is 8.72. The van der Waals surface area contributed by atoms with Gasteiger partial charge in [0.1, 0.15) is 5.82 Å². The van der Waals surface area contributed by atoms with Gasteiger partial charge in [-0.2, -0.15) is 5.10 Å². The SMILES string of the molecule is CC[C@H](C)Cc1nc(CNC2CC2)n(CCO)n1. The highest BCUT2D eigenvalue weighted by atomic mass is 16.3. The van der Waals surface area contributed by atoms with Crippen LogP contribution in [0.4, 0.5) is 0 Å². The van der Waals surface area contributed by atoms with Crippen molar-refractivity contribution in [2.75, 3.05) is 6.61 Å². The monoisotopic (exact) mass is 252 g/mol. The lowest BCUT2D eigenvalue weighted by atomic mass is 10.1. The maximum atomic E-state index is 9.06. The first kappa shape index (κ1) is 13.5. The molecule has 18 heavy (non-hydrogen) atoms. The smallest absolute Gasteiger partial charge is 0.151 e. The molecule has 1 fully saturated rings. The predicted molar refractivity (Wildman–Crippen MR) is 70.1 cm³/mol. The summed E-state index contributed by atoms with van der Waals surface area (Å²) in [6.45, 7) is 5.82. The van der Waals surface area contributed by atoms with Crippen LogP contribution in [0.25, 0.3) is 0 Å². The second-order valence-electron chi connectivity index (χ2n) is 5.26. The van der Waals surface area contributed by atoms with E-state index >= 15 is 0 Å². The Bertz CT molecular complexity index is 373. The normalized spacial score (nSPS) is 17.1. The molecule has 1 saturated carbocycles. The van der Waals surface area contributed by atoms with Crippen LogP contribution in [0.3, 0.4) is 0 Å². The standard InChI is InChI=1S/C13H24N4O/c1-3-10(2)8-12-15-13(9-14-11-4-5-11)17(16-12)6-7-18/h10-11,14,18H,3-9H2,1-2H3/t10-/m0/s1. The molecule has 0 saturated heterocycles. The molecule has 0 radical (unpaired) electrons. The minimum atomic E-state index is 0.114. The zero-order valence-electron chi connectivity index (χ0n) is 11.4. The van der Waals surface area contributed by atoms with Crippen LogP contribution in [0.15, 0.2) is 0 Å². The number of hydrogen-bond acceptors (Lipinski definition) is 4. The van der Waals surface area contributed by atoms with Crippen molar-refractivity contribution in [1.82, 2.24) is 20.1 Å². The van der Waals surface area contributed by atoms with Crippen molar-refractivity contribution in [2.24, 2.45) is 5.92 Å². The third-order valence-corrected chi connectivity index (χ3v) is 3.46. The lowest BCUT2D eigenvalue weighted by molar-refractivity contribution is 0.266. The fraction of sp³-hybridized carbons (Fsp3) is 0.846. The molecular formula is C13H24N4O. The van der Waals surface area contributed by atoms with Crippen molar-refractivity contribution in [1.29, 1.82) is 0 Å². The second-order valence-corrected chi connectivity index (χ2v) is 5.26. The van der Waals surface area contributed by atoms with E-state index in [9.17, 15) is 0 Å². The van der Waals surface area contributed by atoms with Crippen LogP contribution in [0.2, 0.25) is 0 Å². The van der Waals surface area contributed by atoms with Gasteiger partial charge in [-0.05, 0) is 18.8 Å². The third kappa shape index (κ3) is 3.78. The number of nitrogens with zero attached hydrogens (tertiary/aromatic N) is 3. The molecule has 1 aromatic heterocycles. The fourth-order valence-corrected chi connectivity index (χ4v) is 1.90. The van der Waals surface area contributed by atoms with Crippen LogP contribution in [-0.2, 0) is 19.5 Å². The Morgan fingerprint density at radius 2 is 2.28 bits per heavy atom. The van der Waals surface area contributed by atoms with Crippen LogP contribution in [0.1, 0.15) is 44.8 Å². The fourth-order valence-electron chi connectivity index (χ4n) is 1.90. The minimum absolute atomic E-state index is 0.114. The summed E-state index contributed by atoms with van der Waals surface area (Å²) in [6.07, 6.45) is 4.61. The highest BCUT2D eigenvalue weighted by Gasteiger charge is 2.21. The molecule has 102 valence electrons. The highest BCUT2D eigenvalue weighted by molar-refractivity contribution is 4.96. The molecule has 1 aliphatic rings. The van der Waals surface area contributed by atoms with Gasteiger partial charge in [0, 0.05) is 12.5 Å². The van der Waals surface area contributed by atoms with E-state index in [0.29, 0.717) is 18.5 Å². The van der Waals surface area contributed by atoms with Gasteiger partial charge in [0.05, 0.1) is 19.7 Å². The molecule has 1 atom stereocenters. The van der Waals surface area contributed by atoms with E-state index < -0.39 is 0 Å². The Morgan fingerprint density at radius 1 is 1.50 bits per heavy atom. The van der Waals surface area contributed by atoms with Crippen molar-refractivity contribution >= 4 is 0 Å². The summed E-state index contributed by atoms with van der Waals surface area (Å²) < 4.78 is 1.84. The first-order valence-corrected chi connectivity index (χ1v) is 6.99. The first-order valence-electron chi connectivity index (χ1n) is 6.99. The summed E-state index contributed by atoms with van der Waals surface area (Å²) in [5, 5.41) is 17.0. The maximum absolute atomic E-state index is 9.06. The van der Waals surface area contributed by atoms with Crippen LogP contribution in [0, 0.1) is 5.92 Å². The van der Waals surface area contributed by atoms with E-state index in [0.717, 1.165) is 31.0 Å². The van der Waals surface area contributed by atoms with Crippen molar-refractivity contribution in [3.8, 4) is 0 Å². The number of aromatic nitrogens is 3. The number of hydrogen-bond donors (Lipinski definition) is 2. The van der Waals surface area contributed by atoms with Gasteiger partial charge in [-0.15, -0.1) is 0 Å². The van der Waals surface area contributed by atoms with Gasteiger partial charge in [-0.3, -0.25) is 0 Å². The van der Waals surface area contributed by atoms with Gasteiger partial charge < -0.3 is 10.4 Å². The summed E-state index contributed by atoms with van der Waals surface area (Å²) in [5.41, 5.74) is 0. The summed E-state index contributed by atoms with van der Waals surface area (Å²) in [5.74, 6) is 2.47. The number of nitrogens with one attached hydrogen (secondary N) is 1. The van der Waals surface area contributed by atoms with Gasteiger partial charge in [-0.1, -0.05) is 20.3 Å². The zero-order chi connectivity index (χ0) is 13.0. The van der Waals surface area contributed by atoms with Gasteiger partial charge in [0.2, 0.25) is 0 Å². The lowest BCUT2D eigenvalue weighted by Crippen LogP contribution is -2.20. The lowest BCUT2D eigenvalue weighted by Gasteiger charge is -2.04. The molecule has 2 rings (SSSR count). The van der Waals surface area contributed by atoms with Gasteiger partial charge in [0.25, 0.3) is 0 Å². The maximum Gasteiger partial charge on any atom is 0.151 e. The van der Waals surface area contributed by atoms with E-state index in [1.165, 1.54) is 12.8 Å². The van der Waals surface area contributed by atoms with Crippen molar-refractivity contribution < 1.29 is 5.11 Å². The van der Waals surface area contributed by atoms with Gasteiger partial charge >= 0.3 is 0 Å². The van der Waals surface area contributed by atoms with Crippen LogP contribution >= 0.6 is 0 Å². The minimum Gasteiger partial charge on any atom is -0.394 e. The Labute approximate surface area is 109 Å². The van der Waals surface area contributed by atoms with Crippen molar-refractivity contribution in [2.45, 2.75) is 58.7 Å². The molecule has 2 N–H and O–H groups in total. The van der Waals surface area contributed by atoms with E-state index in [1.54, 1.807) is 0 Å². The molecule has 5 nitrogen and oxygen atoms in total. The summed E-state index contributed by atoms with van der Waals surface area (Å²) >= 11 is 0. The molecule has 0 bridgehead atoms. The van der Waals surface area contributed by atoms with E-state index in [4.69, 9.17) is 5.11 Å². The van der Waals surface area contributed by atoms with E-state index in [-0.39, 0.29) is 6.61 Å². The summed E-state index contributed by atoms with van der Waals surface area (Å²) in [4.78, 5) is 4.59. The van der Waals surface area contributed by atoms with Gasteiger partial charge in [-0.25, -0.2) is 9.67 Å². The molecule has 0 aromatic carbocycles. The number of rotatable bonds is 8. The highest BCUT2D eigenvalue weighted by Crippen LogP contribution is 2.19. The Morgan fingerprint density at radius 3 is 2.89 bits per heavy atom. The quantitative estimate of drug-likeness (QED) is 0.727. The van der Waals surface area contributed by atoms with E-state index in [2.05, 4.69) is 29.2 Å². The Kier molecular flexibility index (Phi) is 4.72. The predicted octanol–water partition coefficient (Wildman–Crippen LogP) is 1.11. The molecule has 0 spiro atoms. The van der Waals surface area contributed by atoms with Crippen molar-refractivity contribution in [3.63, 3.8) is 0 Å². The molecule has 0 amide bonds. The zero-order valence-corrected chi connectivity index (χ0v) is 11.4. The number of aliphatic hydroxyl groups is 1. The Balaban J connectivity index is 1.99. The molecule has 1 aromatic rings. The topological polar surface area (TPSA) is 63.0 Å². The summed E-state index contributed by atoms with van der Waals surface area (Å²) in [6, 6.07) is 0.669.